The highest BCUT2D eigenvalue weighted by Crippen LogP contribution is 2.12. The molecule has 0 saturated heterocycles. The van der Waals surface area contributed by atoms with Gasteiger partial charge < -0.3 is 9.47 Å². The molecule has 0 fully saturated rings. The van der Waals surface area contributed by atoms with Gasteiger partial charge in [0.05, 0.1) is 6.54 Å². The number of benzene rings is 1. The maximum atomic E-state index is 13.3. The summed E-state index contributed by atoms with van der Waals surface area (Å²) in [5.74, 6) is -0.800. The summed E-state index contributed by atoms with van der Waals surface area (Å²) < 4.78 is 48.6. The third-order valence-corrected chi connectivity index (χ3v) is 3.55. The van der Waals surface area contributed by atoms with Gasteiger partial charge in [-0.05, 0) is 12.1 Å². The molecule has 0 unspecified atom stereocenters. The van der Waals surface area contributed by atoms with E-state index >= 15 is 0 Å². The average molecular weight is 263 g/mol. The zero-order valence-corrected chi connectivity index (χ0v) is 10.3. The van der Waals surface area contributed by atoms with Gasteiger partial charge in [-0.25, -0.2) is 17.5 Å². The topological polar surface area (TPSA) is 64.6 Å². The average Bonchev–Trinajstić information content (AvgIpc) is 2.30. The summed E-state index contributed by atoms with van der Waals surface area (Å²) >= 11 is 0. The lowest BCUT2D eigenvalue weighted by Gasteiger charge is -2.14. The number of halogens is 1. The van der Waals surface area contributed by atoms with Gasteiger partial charge in [0, 0.05) is 14.2 Å². The molecule has 0 atom stereocenters. The van der Waals surface area contributed by atoms with Crippen molar-refractivity contribution in [1.82, 2.24) is 4.72 Å². The van der Waals surface area contributed by atoms with Gasteiger partial charge in [-0.1, -0.05) is 12.1 Å². The van der Waals surface area contributed by atoms with Crippen molar-refractivity contribution in [1.29, 1.82) is 0 Å². The molecule has 0 spiro atoms. The summed E-state index contributed by atoms with van der Waals surface area (Å²) in [5, 5.41) is 0. The minimum absolute atomic E-state index is 0.0936. The van der Waals surface area contributed by atoms with Crippen molar-refractivity contribution in [3.63, 3.8) is 0 Å². The Morgan fingerprint density at radius 3 is 2.41 bits per heavy atom. The second-order valence-electron chi connectivity index (χ2n) is 3.18. The van der Waals surface area contributed by atoms with Crippen LogP contribution in [0.5, 0.6) is 0 Å². The van der Waals surface area contributed by atoms with E-state index in [1.54, 1.807) is 0 Å². The fraction of sp³-hybridized carbons (Fsp3) is 0.400. The lowest BCUT2D eigenvalue weighted by molar-refractivity contribution is -0.0960. The van der Waals surface area contributed by atoms with Crippen molar-refractivity contribution in [3.05, 3.63) is 30.1 Å². The molecular formula is C10H14FNO4S. The van der Waals surface area contributed by atoms with E-state index in [2.05, 4.69) is 4.72 Å². The number of hydrogen-bond donors (Lipinski definition) is 1. The number of nitrogens with one attached hydrogen (secondary N) is 1. The molecule has 17 heavy (non-hydrogen) atoms. The summed E-state index contributed by atoms with van der Waals surface area (Å²) in [5.41, 5.74) is 0. The smallest absolute Gasteiger partial charge is 0.243 e. The molecule has 1 aromatic rings. The Bertz CT molecular complexity index is 459. The molecule has 1 N–H and O–H groups in total. The third kappa shape index (κ3) is 3.74. The van der Waals surface area contributed by atoms with Crippen molar-refractivity contribution in [2.24, 2.45) is 0 Å². The van der Waals surface area contributed by atoms with E-state index in [1.807, 2.05) is 0 Å². The van der Waals surface area contributed by atoms with Gasteiger partial charge in [0.1, 0.15) is 10.7 Å². The fourth-order valence-electron chi connectivity index (χ4n) is 1.18. The van der Waals surface area contributed by atoms with Gasteiger partial charge >= 0.3 is 0 Å². The normalized spacial score (nSPS) is 12.0. The minimum atomic E-state index is -3.89. The van der Waals surface area contributed by atoms with Gasteiger partial charge in [0.15, 0.2) is 6.29 Å². The molecule has 0 aromatic heterocycles. The molecule has 5 nitrogen and oxygen atoms in total. The zero-order chi connectivity index (χ0) is 12.9. The lowest BCUT2D eigenvalue weighted by Crippen LogP contribution is -2.34. The molecule has 0 radical (unpaired) electrons. The summed E-state index contributed by atoms with van der Waals surface area (Å²) in [6.07, 6.45) is -0.712. The summed E-state index contributed by atoms with van der Waals surface area (Å²) in [7, 11) is -1.13. The van der Waals surface area contributed by atoms with Gasteiger partial charge in [0.2, 0.25) is 10.0 Å². The lowest BCUT2D eigenvalue weighted by atomic mass is 10.4. The highest BCUT2D eigenvalue weighted by molar-refractivity contribution is 7.89. The van der Waals surface area contributed by atoms with Crippen LogP contribution in [-0.2, 0) is 19.5 Å². The Hall–Kier alpha value is -1.02. The standard InChI is InChI=1S/C10H14FNO4S/c1-15-10(16-2)7-12-17(13,14)9-6-4-3-5-8(9)11/h3-6,10,12H,7H2,1-2H3. The van der Waals surface area contributed by atoms with Crippen LogP contribution in [0, 0.1) is 5.82 Å². The molecule has 0 saturated carbocycles. The van der Waals surface area contributed by atoms with Crippen molar-refractivity contribution in [2.75, 3.05) is 20.8 Å². The third-order valence-electron chi connectivity index (χ3n) is 2.09. The molecule has 0 aliphatic heterocycles. The van der Waals surface area contributed by atoms with Crippen LogP contribution in [0.1, 0.15) is 0 Å². The summed E-state index contributed by atoms with van der Waals surface area (Å²) in [6.45, 7) is -0.0936. The van der Waals surface area contributed by atoms with E-state index in [-0.39, 0.29) is 6.54 Å². The van der Waals surface area contributed by atoms with Gasteiger partial charge in [0.25, 0.3) is 0 Å². The maximum Gasteiger partial charge on any atom is 0.243 e. The van der Waals surface area contributed by atoms with Crippen LogP contribution in [-0.4, -0.2) is 35.5 Å². The van der Waals surface area contributed by atoms with Crippen molar-refractivity contribution in [3.8, 4) is 0 Å². The predicted molar refractivity (Wildman–Crippen MR) is 59.4 cm³/mol. The van der Waals surface area contributed by atoms with Crippen LogP contribution in [0.3, 0.4) is 0 Å². The summed E-state index contributed by atoms with van der Waals surface area (Å²) in [6, 6.07) is 5.13. The highest BCUT2D eigenvalue weighted by atomic mass is 32.2. The van der Waals surface area contributed by atoms with Crippen LogP contribution in [0.4, 0.5) is 4.39 Å². The first-order valence-electron chi connectivity index (χ1n) is 4.81. The molecule has 0 amide bonds. The highest BCUT2D eigenvalue weighted by Gasteiger charge is 2.19. The van der Waals surface area contributed by atoms with E-state index in [1.165, 1.54) is 32.4 Å². The SMILES string of the molecule is COC(CNS(=O)(=O)c1ccccc1F)OC. The fourth-order valence-corrected chi connectivity index (χ4v) is 2.27. The molecule has 96 valence electrons. The maximum absolute atomic E-state index is 13.3. The molecule has 0 aliphatic carbocycles. The van der Waals surface area contributed by atoms with Gasteiger partial charge in [-0.15, -0.1) is 0 Å². The minimum Gasteiger partial charge on any atom is -0.355 e. The number of rotatable bonds is 6. The van der Waals surface area contributed by atoms with Crippen LogP contribution < -0.4 is 4.72 Å². The Kier molecular flexibility index (Phi) is 5.01. The zero-order valence-electron chi connectivity index (χ0n) is 9.51. The first kappa shape index (κ1) is 14.0. The van der Waals surface area contributed by atoms with Crippen LogP contribution in [0.15, 0.2) is 29.2 Å². The number of ether oxygens (including phenoxy) is 2. The van der Waals surface area contributed by atoms with Crippen molar-refractivity contribution < 1.29 is 22.3 Å². The molecule has 0 bridgehead atoms. The van der Waals surface area contributed by atoms with E-state index in [4.69, 9.17) is 9.47 Å². The molecule has 0 heterocycles. The van der Waals surface area contributed by atoms with E-state index in [0.717, 1.165) is 6.07 Å². The van der Waals surface area contributed by atoms with Crippen molar-refractivity contribution in [2.45, 2.75) is 11.2 Å². The van der Waals surface area contributed by atoms with Crippen molar-refractivity contribution >= 4 is 10.0 Å². The first-order chi connectivity index (χ1) is 8.01. The molecule has 1 rings (SSSR count). The first-order valence-corrected chi connectivity index (χ1v) is 6.29. The van der Waals surface area contributed by atoms with E-state index in [9.17, 15) is 12.8 Å². The Labute approximate surface area is 99.6 Å². The Morgan fingerprint density at radius 2 is 1.88 bits per heavy atom. The molecule has 7 heteroatoms. The number of hydrogen-bond acceptors (Lipinski definition) is 4. The molecule has 1 aromatic carbocycles. The largest absolute Gasteiger partial charge is 0.355 e. The van der Waals surface area contributed by atoms with Crippen LogP contribution in [0.2, 0.25) is 0 Å². The quantitative estimate of drug-likeness (QED) is 0.768. The second-order valence-corrected chi connectivity index (χ2v) is 4.92. The van der Waals surface area contributed by atoms with E-state index in [0.29, 0.717) is 0 Å². The van der Waals surface area contributed by atoms with E-state index < -0.39 is 27.0 Å². The predicted octanol–water partition coefficient (Wildman–Crippen LogP) is 0.723. The van der Waals surface area contributed by atoms with Gasteiger partial charge in [-0.3, -0.25) is 0 Å². The summed E-state index contributed by atoms with van der Waals surface area (Å²) in [4.78, 5) is -0.397. The van der Waals surface area contributed by atoms with Crippen LogP contribution in [0.25, 0.3) is 0 Å². The van der Waals surface area contributed by atoms with Crippen LogP contribution >= 0.6 is 0 Å². The monoisotopic (exact) mass is 263 g/mol. The number of sulfonamides is 1. The van der Waals surface area contributed by atoms with Gasteiger partial charge in [-0.2, -0.15) is 0 Å². The number of methoxy groups -OCH3 is 2. The molecule has 0 aliphatic rings. The second kappa shape index (κ2) is 6.06. The Balaban J connectivity index is 2.80. The Morgan fingerprint density at radius 1 is 1.29 bits per heavy atom. The molecular weight excluding hydrogens is 249 g/mol.